The molecule has 1 fully saturated rings. The van der Waals surface area contributed by atoms with Gasteiger partial charge in [0, 0.05) is 19.1 Å². The van der Waals surface area contributed by atoms with Gasteiger partial charge in [0.25, 0.3) is 0 Å². The Morgan fingerprint density at radius 1 is 1.19 bits per heavy atom. The normalized spacial score (nSPS) is 17.2. The summed E-state index contributed by atoms with van der Waals surface area (Å²) in [6.07, 6.45) is 1.34. The van der Waals surface area contributed by atoms with E-state index in [2.05, 4.69) is 0 Å². The molecule has 16 heavy (non-hydrogen) atoms. The SMILES string of the molecule is O=C(O)c1ccc(C(=O)C2CCOCC2)o1. The lowest BCUT2D eigenvalue weighted by atomic mass is 9.94. The minimum absolute atomic E-state index is 0.110. The molecule has 1 aromatic heterocycles. The molecule has 1 N–H and O–H groups in total. The fraction of sp³-hybridized carbons (Fsp3) is 0.455. The molecule has 0 aromatic carbocycles. The Morgan fingerprint density at radius 2 is 1.81 bits per heavy atom. The van der Waals surface area contributed by atoms with Crippen LogP contribution in [0.15, 0.2) is 16.5 Å². The minimum Gasteiger partial charge on any atom is -0.475 e. The first kappa shape index (κ1) is 10.9. The molecule has 2 rings (SSSR count). The van der Waals surface area contributed by atoms with E-state index in [1.807, 2.05) is 0 Å². The Balaban J connectivity index is 2.10. The maximum Gasteiger partial charge on any atom is 0.371 e. The second kappa shape index (κ2) is 4.49. The van der Waals surface area contributed by atoms with E-state index in [1.165, 1.54) is 12.1 Å². The molecular weight excluding hydrogens is 212 g/mol. The molecule has 1 saturated heterocycles. The number of carboxylic acid groups (broad SMARTS) is 1. The fourth-order valence-electron chi connectivity index (χ4n) is 1.75. The topological polar surface area (TPSA) is 76.7 Å². The largest absolute Gasteiger partial charge is 0.475 e. The van der Waals surface area contributed by atoms with Gasteiger partial charge in [0.2, 0.25) is 11.5 Å². The van der Waals surface area contributed by atoms with Crippen LogP contribution in [0.25, 0.3) is 0 Å². The van der Waals surface area contributed by atoms with Crippen LogP contribution in [0.4, 0.5) is 0 Å². The van der Waals surface area contributed by atoms with Crippen molar-refractivity contribution in [1.82, 2.24) is 0 Å². The third-order valence-electron chi connectivity index (χ3n) is 2.65. The Hall–Kier alpha value is -1.62. The molecule has 0 spiro atoms. The first-order valence-electron chi connectivity index (χ1n) is 5.13. The van der Waals surface area contributed by atoms with Crippen molar-refractivity contribution >= 4 is 11.8 Å². The summed E-state index contributed by atoms with van der Waals surface area (Å²) in [5, 5.41) is 8.67. The fourth-order valence-corrected chi connectivity index (χ4v) is 1.75. The van der Waals surface area contributed by atoms with E-state index < -0.39 is 5.97 Å². The van der Waals surface area contributed by atoms with E-state index in [-0.39, 0.29) is 23.2 Å². The van der Waals surface area contributed by atoms with Gasteiger partial charge in [-0.3, -0.25) is 4.79 Å². The zero-order chi connectivity index (χ0) is 11.5. The zero-order valence-electron chi connectivity index (χ0n) is 8.64. The summed E-state index contributed by atoms with van der Waals surface area (Å²) in [7, 11) is 0. The number of Topliss-reactive ketones (excluding diaryl/α,β-unsaturated/α-hetero) is 1. The molecule has 0 atom stereocenters. The summed E-state index contributed by atoms with van der Waals surface area (Å²) < 4.78 is 10.1. The quantitative estimate of drug-likeness (QED) is 0.789. The van der Waals surface area contributed by atoms with E-state index in [0.717, 1.165) is 0 Å². The van der Waals surface area contributed by atoms with E-state index >= 15 is 0 Å². The van der Waals surface area contributed by atoms with Crippen molar-refractivity contribution in [1.29, 1.82) is 0 Å². The molecular formula is C11H12O5. The van der Waals surface area contributed by atoms with Gasteiger partial charge in [0.15, 0.2) is 5.76 Å². The van der Waals surface area contributed by atoms with Crippen molar-refractivity contribution in [3.8, 4) is 0 Å². The van der Waals surface area contributed by atoms with E-state index in [0.29, 0.717) is 26.1 Å². The number of carbonyl (C=O) groups is 2. The van der Waals surface area contributed by atoms with Crippen LogP contribution in [0.5, 0.6) is 0 Å². The summed E-state index contributed by atoms with van der Waals surface area (Å²) in [6.45, 7) is 1.14. The molecule has 5 nitrogen and oxygen atoms in total. The van der Waals surface area contributed by atoms with Crippen LogP contribution < -0.4 is 0 Å². The van der Waals surface area contributed by atoms with Crippen LogP contribution in [-0.4, -0.2) is 30.1 Å². The van der Waals surface area contributed by atoms with Gasteiger partial charge >= 0.3 is 5.97 Å². The number of ether oxygens (including phenoxy) is 1. The van der Waals surface area contributed by atoms with E-state index in [1.54, 1.807) is 0 Å². The molecule has 1 aromatic rings. The molecule has 0 unspecified atom stereocenters. The van der Waals surface area contributed by atoms with Gasteiger partial charge in [-0.25, -0.2) is 4.79 Å². The number of hydrogen-bond donors (Lipinski definition) is 1. The monoisotopic (exact) mass is 224 g/mol. The predicted molar refractivity (Wildman–Crippen MR) is 53.5 cm³/mol. The molecule has 0 bridgehead atoms. The zero-order valence-corrected chi connectivity index (χ0v) is 8.64. The molecule has 0 radical (unpaired) electrons. The van der Waals surface area contributed by atoms with Gasteiger partial charge in [-0.1, -0.05) is 0 Å². The maximum atomic E-state index is 11.9. The number of furan rings is 1. The maximum absolute atomic E-state index is 11.9. The highest BCUT2D eigenvalue weighted by Crippen LogP contribution is 2.21. The van der Waals surface area contributed by atoms with Gasteiger partial charge in [0.1, 0.15) is 0 Å². The highest BCUT2D eigenvalue weighted by molar-refractivity contribution is 5.96. The van der Waals surface area contributed by atoms with Crippen molar-refractivity contribution in [2.24, 2.45) is 5.92 Å². The molecule has 1 aliphatic heterocycles. The van der Waals surface area contributed by atoms with Crippen LogP contribution in [0, 0.1) is 5.92 Å². The van der Waals surface area contributed by atoms with E-state index in [4.69, 9.17) is 14.3 Å². The molecule has 0 amide bonds. The first-order valence-corrected chi connectivity index (χ1v) is 5.13. The molecule has 0 aliphatic carbocycles. The standard InChI is InChI=1S/C11H12O5/c12-10(7-3-5-15-6-4-7)8-1-2-9(16-8)11(13)14/h1-2,7H,3-6H2,(H,13,14). The average Bonchev–Trinajstić information content (AvgIpc) is 2.78. The molecule has 1 aliphatic rings. The first-order chi connectivity index (χ1) is 7.68. The van der Waals surface area contributed by atoms with Crippen molar-refractivity contribution in [3.63, 3.8) is 0 Å². The Morgan fingerprint density at radius 3 is 2.38 bits per heavy atom. The summed E-state index contributed by atoms with van der Waals surface area (Å²) in [5.41, 5.74) is 0. The van der Waals surface area contributed by atoms with Gasteiger partial charge in [0.05, 0.1) is 0 Å². The second-order valence-electron chi connectivity index (χ2n) is 3.72. The second-order valence-corrected chi connectivity index (χ2v) is 3.72. The van der Waals surface area contributed by atoms with Crippen LogP contribution in [0.3, 0.4) is 0 Å². The number of rotatable bonds is 3. The van der Waals surface area contributed by atoms with Crippen LogP contribution >= 0.6 is 0 Å². The van der Waals surface area contributed by atoms with Crippen molar-refractivity contribution in [3.05, 3.63) is 23.7 Å². The highest BCUT2D eigenvalue weighted by atomic mass is 16.5. The third-order valence-corrected chi connectivity index (χ3v) is 2.65. The number of carbonyl (C=O) groups excluding carboxylic acids is 1. The van der Waals surface area contributed by atoms with Gasteiger partial charge in [-0.05, 0) is 25.0 Å². The van der Waals surface area contributed by atoms with Gasteiger partial charge in [-0.15, -0.1) is 0 Å². The number of hydrogen-bond acceptors (Lipinski definition) is 4. The molecule has 86 valence electrons. The third kappa shape index (κ3) is 2.14. The number of aromatic carboxylic acids is 1. The van der Waals surface area contributed by atoms with Crippen molar-refractivity contribution in [2.75, 3.05) is 13.2 Å². The Bertz CT molecular complexity index is 400. The summed E-state index contributed by atoms with van der Waals surface area (Å²) in [6, 6.07) is 2.72. The smallest absolute Gasteiger partial charge is 0.371 e. The highest BCUT2D eigenvalue weighted by Gasteiger charge is 2.25. The summed E-state index contributed by atoms with van der Waals surface area (Å²) in [5.74, 6) is -1.47. The van der Waals surface area contributed by atoms with Crippen LogP contribution in [0.1, 0.15) is 34.0 Å². The van der Waals surface area contributed by atoms with Gasteiger partial charge in [-0.2, -0.15) is 0 Å². The minimum atomic E-state index is -1.16. The number of carboxylic acids is 1. The molecule has 0 saturated carbocycles. The summed E-state index contributed by atoms with van der Waals surface area (Å²) in [4.78, 5) is 22.5. The lowest BCUT2D eigenvalue weighted by molar-refractivity contribution is 0.0522. The Labute approximate surface area is 92.0 Å². The van der Waals surface area contributed by atoms with Crippen LogP contribution in [-0.2, 0) is 4.74 Å². The van der Waals surface area contributed by atoms with Crippen molar-refractivity contribution < 1.29 is 23.8 Å². The Kier molecular flexibility index (Phi) is 3.05. The molecule has 5 heteroatoms. The van der Waals surface area contributed by atoms with E-state index in [9.17, 15) is 9.59 Å². The summed E-state index contributed by atoms with van der Waals surface area (Å²) >= 11 is 0. The lowest BCUT2D eigenvalue weighted by Gasteiger charge is -2.19. The average molecular weight is 224 g/mol. The van der Waals surface area contributed by atoms with Crippen LogP contribution in [0.2, 0.25) is 0 Å². The van der Waals surface area contributed by atoms with Gasteiger partial charge < -0.3 is 14.3 Å². The van der Waals surface area contributed by atoms with Crippen molar-refractivity contribution in [2.45, 2.75) is 12.8 Å². The lowest BCUT2D eigenvalue weighted by Crippen LogP contribution is -2.23. The predicted octanol–water partition coefficient (Wildman–Crippen LogP) is 1.59. The molecule has 2 heterocycles. The number of ketones is 1.